The lowest BCUT2D eigenvalue weighted by molar-refractivity contribution is -0.384. The van der Waals surface area contributed by atoms with Crippen molar-refractivity contribution in [3.05, 3.63) is 67.1 Å². The Morgan fingerprint density at radius 3 is 2.61 bits per heavy atom. The van der Waals surface area contributed by atoms with Crippen molar-refractivity contribution >= 4 is 29.2 Å². The fourth-order valence-corrected chi connectivity index (χ4v) is 3.51. The molecular weight excluding hydrogens is 384 g/mol. The van der Waals surface area contributed by atoms with Gasteiger partial charge in [-0.1, -0.05) is 23.9 Å². The molecule has 2 aromatic rings. The summed E-state index contributed by atoms with van der Waals surface area (Å²) in [6, 6.07) is 5.75. The summed E-state index contributed by atoms with van der Waals surface area (Å²) >= 11 is 1.29. The predicted octanol–water partition coefficient (Wildman–Crippen LogP) is 2.79. The number of rotatable bonds is 5. The summed E-state index contributed by atoms with van der Waals surface area (Å²) in [7, 11) is 0. The fraction of sp³-hybridized carbons (Fsp3) is 0.278. The lowest BCUT2D eigenvalue weighted by Crippen LogP contribution is -2.31. The molecule has 0 spiro atoms. The molecule has 2 heterocycles. The Morgan fingerprint density at radius 1 is 1.36 bits per heavy atom. The summed E-state index contributed by atoms with van der Waals surface area (Å²) in [5.74, 6) is -0.972. The van der Waals surface area contributed by atoms with Gasteiger partial charge in [0.15, 0.2) is 5.16 Å². The number of nitro groups is 1. The van der Waals surface area contributed by atoms with Crippen LogP contribution in [0.2, 0.25) is 0 Å². The molecule has 28 heavy (non-hydrogen) atoms. The van der Waals surface area contributed by atoms with Crippen LogP contribution in [0.3, 0.4) is 0 Å². The van der Waals surface area contributed by atoms with Gasteiger partial charge in [0, 0.05) is 17.8 Å². The zero-order valence-corrected chi connectivity index (χ0v) is 16.3. The third kappa shape index (κ3) is 3.50. The number of thioether (sulfide) groups is 1. The smallest absolute Gasteiger partial charge is 0.336 e. The number of allylic oxidation sites excluding steroid dienone is 1. The highest BCUT2D eigenvalue weighted by atomic mass is 32.2. The minimum atomic E-state index is -0.761. The van der Waals surface area contributed by atoms with Crippen LogP contribution in [-0.2, 0) is 9.53 Å². The number of hydrogen-bond donors (Lipinski definition) is 2. The number of hydrogen-bond acceptors (Lipinski definition) is 8. The summed E-state index contributed by atoms with van der Waals surface area (Å²) < 4.78 is 5.18. The van der Waals surface area contributed by atoms with E-state index in [0.717, 1.165) is 0 Å². The molecule has 3 rings (SSSR count). The molecule has 0 bridgehead atoms. The molecule has 1 aromatic carbocycles. The van der Waals surface area contributed by atoms with Crippen molar-refractivity contribution < 1.29 is 14.5 Å². The maximum absolute atomic E-state index is 12.8. The minimum Gasteiger partial charge on any atom is -0.463 e. The maximum atomic E-state index is 12.8. The topological polar surface area (TPSA) is 127 Å². The molecular formula is C18H18N4O5S. The van der Waals surface area contributed by atoms with Crippen molar-refractivity contribution in [1.82, 2.24) is 9.97 Å². The molecule has 0 fully saturated rings. The number of non-ortho nitro benzene ring substituents is 1. The van der Waals surface area contributed by atoms with Gasteiger partial charge in [-0.3, -0.25) is 14.9 Å². The molecule has 0 amide bonds. The number of fused-ring (bicyclic) bond motifs is 1. The zero-order chi connectivity index (χ0) is 20.4. The van der Waals surface area contributed by atoms with E-state index in [9.17, 15) is 19.7 Å². The van der Waals surface area contributed by atoms with Gasteiger partial charge in [0.25, 0.3) is 11.2 Å². The van der Waals surface area contributed by atoms with Crippen molar-refractivity contribution in [2.75, 3.05) is 18.2 Å². The minimum absolute atomic E-state index is 0.0824. The van der Waals surface area contributed by atoms with Crippen molar-refractivity contribution in [1.29, 1.82) is 0 Å². The number of aromatic amines is 1. The Kier molecular flexibility index (Phi) is 5.50. The van der Waals surface area contributed by atoms with E-state index in [4.69, 9.17) is 4.74 Å². The molecule has 1 aliphatic heterocycles. The van der Waals surface area contributed by atoms with Gasteiger partial charge in [0.2, 0.25) is 0 Å². The number of benzene rings is 1. The molecule has 10 heteroatoms. The molecule has 0 radical (unpaired) electrons. The van der Waals surface area contributed by atoms with E-state index in [1.165, 1.54) is 36.0 Å². The largest absolute Gasteiger partial charge is 0.463 e. The number of aromatic nitrogens is 2. The van der Waals surface area contributed by atoms with Crippen LogP contribution in [0.4, 0.5) is 11.5 Å². The van der Waals surface area contributed by atoms with Crippen LogP contribution in [0.5, 0.6) is 0 Å². The van der Waals surface area contributed by atoms with Gasteiger partial charge in [-0.05, 0) is 25.7 Å². The van der Waals surface area contributed by atoms with Crippen LogP contribution in [0, 0.1) is 10.1 Å². The van der Waals surface area contributed by atoms with Gasteiger partial charge in [-0.2, -0.15) is 0 Å². The third-order valence-corrected chi connectivity index (χ3v) is 4.93. The highest BCUT2D eigenvalue weighted by Crippen LogP contribution is 2.40. The number of anilines is 1. The number of ether oxygens (including phenoxy) is 1. The van der Waals surface area contributed by atoms with E-state index in [-0.39, 0.29) is 29.0 Å². The van der Waals surface area contributed by atoms with Gasteiger partial charge in [0.1, 0.15) is 5.82 Å². The van der Waals surface area contributed by atoms with Crippen molar-refractivity contribution in [3.63, 3.8) is 0 Å². The molecule has 2 N–H and O–H groups in total. The van der Waals surface area contributed by atoms with E-state index in [1.54, 1.807) is 20.1 Å². The average molecular weight is 402 g/mol. The normalized spacial score (nSPS) is 15.6. The molecule has 0 saturated heterocycles. The van der Waals surface area contributed by atoms with Crippen LogP contribution < -0.4 is 10.9 Å². The Bertz CT molecular complexity index is 1030. The zero-order valence-electron chi connectivity index (χ0n) is 15.4. The molecule has 0 saturated carbocycles. The second-order valence-corrected chi connectivity index (χ2v) is 6.80. The molecule has 146 valence electrons. The lowest BCUT2D eigenvalue weighted by Gasteiger charge is -2.28. The highest BCUT2D eigenvalue weighted by Gasteiger charge is 2.36. The Morgan fingerprint density at radius 2 is 2.04 bits per heavy atom. The van der Waals surface area contributed by atoms with Gasteiger partial charge < -0.3 is 15.0 Å². The van der Waals surface area contributed by atoms with Crippen LogP contribution in [0.15, 0.2) is 45.5 Å². The average Bonchev–Trinajstić information content (AvgIpc) is 2.66. The number of nitro benzene ring substituents is 1. The molecule has 1 aliphatic rings. The highest BCUT2D eigenvalue weighted by molar-refractivity contribution is 7.98. The van der Waals surface area contributed by atoms with Crippen molar-refractivity contribution in [3.8, 4) is 0 Å². The van der Waals surface area contributed by atoms with Crippen molar-refractivity contribution in [2.24, 2.45) is 0 Å². The molecule has 1 atom stereocenters. The van der Waals surface area contributed by atoms with Gasteiger partial charge in [-0.25, -0.2) is 9.78 Å². The molecule has 1 aromatic heterocycles. The number of carbonyl (C=O) groups excluding carboxylic acids is 1. The predicted molar refractivity (Wildman–Crippen MR) is 105 cm³/mol. The van der Waals surface area contributed by atoms with Gasteiger partial charge in [0.05, 0.1) is 28.6 Å². The number of H-pyrrole nitrogens is 1. The number of carbonyl (C=O) groups is 1. The van der Waals surface area contributed by atoms with E-state index >= 15 is 0 Å². The van der Waals surface area contributed by atoms with Crippen LogP contribution in [0.1, 0.15) is 30.9 Å². The number of nitrogens with zero attached hydrogens (tertiary/aromatic N) is 2. The summed E-state index contributed by atoms with van der Waals surface area (Å²) in [5.41, 5.74) is 1.13. The van der Waals surface area contributed by atoms with E-state index in [2.05, 4.69) is 15.3 Å². The fourth-order valence-electron chi connectivity index (χ4n) is 3.13. The summed E-state index contributed by atoms with van der Waals surface area (Å²) in [6.45, 7) is 3.57. The van der Waals surface area contributed by atoms with Crippen molar-refractivity contribution in [2.45, 2.75) is 24.9 Å². The first-order valence-electron chi connectivity index (χ1n) is 8.44. The number of nitrogens with one attached hydrogen (secondary N) is 2. The van der Waals surface area contributed by atoms with Gasteiger partial charge in [-0.15, -0.1) is 0 Å². The van der Waals surface area contributed by atoms with Crippen LogP contribution in [-0.4, -0.2) is 33.7 Å². The molecule has 0 aliphatic carbocycles. The summed E-state index contributed by atoms with van der Waals surface area (Å²) in [5, 5.41) is 14.4. The number of esters is 1. The SMILES string of the molecule is CCOC(=O)C1=C(C)Nc2nc(SC)[nH]c(=O)c2C1c1ccc([N+](=O)[O-])cc1. The molecule has 1 unspecified atom stereocenters. The summed E-state index contributed by atoms with van der Waals surface area (Å²) in [4.78, 5) is 43.0. The van der Waals surface area contributed by atoms with Crippen LogP contribution >= 0.6 is 11.8 Å². The summed E-state index contributed by atoms with van der Waals surface area (Å²) in [6.07, 6.45) is 1.79. The Labute approximate surface area is 164 Å². The van der Waals surface area contributed by atoms with Gasteiger partial charge >= 0.3 is 5.97 Å². The third-order valence-electron chi connectivity index (χ3n) is 4.35. The first-order valence-corrected chi connectivity index (χ1v) is 9.67. The Balaban J connectivity index is 2.23. The first kappa shape index (κ1) is 19.6. The monoisotopic (exact) mass is 402 g/mol. The first-order chi connectivity index (χ1) is 13.4. The maximum Gasteiger partial charge on any atom is 0.336 e. The van der Waals surface area contributed by atoms with Crippen LogP contribution in [0.25, 0.3) is 0 Å². The van der Waals surface area contributed by atoms with E-state index in [1.807, 2.05) is 0 Å². The lowest BCUT2D eigenvalue weighted by atomic mass is 9.82. The van der Waals surface area contributed by atoms with E-state index < -0.39 is 16.8 Å². The second kappa shape index (κ2) is 7.85. The standard InChI is InChI=1S/C18H18N4O5S/c1-4-27-17(24)12-9(2)19-15-14(16(23)21-18(20-15)28-3)13(12)10-5-7-11(8-6-10)22(25)26/h5-8,13H,4H2,1-3H3,(H2,19,20,21,23). The molecule has 9 nitrogen and oxygen atoms in total. The second-order valence-electron chi connectivity index (χ2n) is 6.00. The van der Waals surface area contributed by atoms with E-state index in [0.29, 0.717) is 22.2 Å². The Hall–Kier alpha value is -3.14. The quantitative estimate of drug-likeness (QED) is 0.257.